The van der Waals surface area contributed by atoms with Gasteiger partial charge in [-0.05, 0) is 19.1 Å². The first-order valence-electron chi connectivity index (χ1n) is 4.75. The maximum atomic E-state index is 11.9. The Hall–Kier alpha value is -0.870. The minimum absolute atomic E-state index is 0.0443. The van der Waals surface area contributed by atoms with E-state index < -0.39 is 21.5 Å². The molecule has 0 aliphatic rings. The van der Waals surface area contributed by atoms with Gasteiger partial charge in [-0.3, -0.25) is 9.00 Å². The summed E-state index contributed by atoms with van der Waals surface area (Å²) >= 11 is 5.87. The largest absolute Gasteiger partial charge is 0.463 e. The molecule has 88 valence electrons. The molecule has 0 aromatic heterocycles. The van der Waals surface area contributed by atoms with Crippen molar-refractivity contribution in [1.29, 1.82) is 0 Å². The van der Waals surface area contributed by atoms with Crippen molar-refractivity contribution in [2.75, 3.05) is 6.61 Å². The molecule has 2 atom stereocenters. The summed E-state index contributed by atoms with van der Waals surface area (Å²) in [7, 11) is -1.36. The summed E-state index contributed by atoms with van der Waals surface area (Å²) in [5.74, 6) is -0.424. The lowest BCUT2D eigenvalue weighted by molar-refractivity contribution is -0.140. The zero-order valence-corrected chi connectivity index (χ0v) is 10.7. The third kappa shape index (κ3) is 3.94. The van der Waals surface area contributed by atoms with Crippen molar-refractivity contribution in [2.45, 2.75) is 23.5 Å². The molecule has 0 saturated carbocycles. The molecular formula is C11H13ClO3S. The predicted octanol–water partition coefficient (Wildman–Crippen LogP) is 2.23. The Morgan fingerprint density at radius 2 is 2.00 bits per heavy atom. The molecule has 3 nitrogen and oxygen atoms in total. The van der Waals surface area contributed by atoms with Crippen LogP contribution >= 0.6 is 11.6 Å². The van der Waals surface area contributed by atoms with Crippen LogP contribution in [-0.4, -0.2) is 21.5 Å². The average Bonchev–Trinajstić information content (AvgIpc) is 2.26. The van der Waals surface area contributed by atoms with Gasteiger partial charge in [0.05, 0.1) is 10.8 Å². The number of halogens is 1. The zero-order valence-electron chi connectivity index (χ0n) is 9.10. The fraction of sp³-hybridized carbons (Fsp3) is 0.364. The van der Waals surface area contributed by atoms with E-state index >= 15 is 0 Å². The second-order valence-corrected chi connectivity index (χ2v) is 5.74. The number of rotatable bonds is 4. The third-order valence-electron chi connectivity index (χ3n) is 1.90. The molecule has 0 heterocycles. The molecule has 0 saturated heterocycles. The lowest BCUT2D eigenvalue weighted by Crippen LogP contribution is -2.17. The third-order valence-corrected chi connectivity index (χ3v) is 3.85. The van der Waals surface area contributed by atoms with Crippen LogP contribution < -0.4 is 0 Å². The lowest BCUT2D eigenvalue weighted by Gasteiger charge is -2.09. The van der Waals surface area contributed by atoms with Gasteiger partial charge in [-0.15, -0.1) is 11.6 Å². The Morgan fingerprint density at radius 3 is 2.50 bits per heavy atom. The fourth-order valence-electron chi connectivity index (χ4n) is 1.06. The van der Waals surface area contributed by atoms with E-state index in [4.69, 9.17) is 16.3 Å². The highest BCUT2D eigenvalue weighted by Gasteiger charge is 2.16. The number of aryl methyl sites for hydroxylation is 1. The predicted molar refractivity (Wildman–Crippen MR) is 63.9 cm³/mol. The minimum Gasteiger partial charge on any atom is -0.463 e. The molecule has 1 aromatic rings. The van der Waals surface area contributed by atoms with Crippen molar-refractivity contribution >= 4 is 28.4 Å². The van der Waals surface area contributed by atoms with Crippen LogP contribution in [0.4, 0.5) is 0 Å². The van der Waals surface area contributed by atoms with E-state index in [0.29, 0.717) is 4.90 Å². The first-order chi connectivity index (χ1) is 7.50. The summed E-state index contributed by atoms with van der Waals surface area (Å²) in [4.78, 5) is 11.2. The van der Waals surface area contributed by atoms with Crippen molar-refractivity contribution in [1.82, 2.24) is 0 Å². The standard InChI is InChI=1S/C11H13ClO3S/c1-8-3-5-10(6-4-8)16(14)11(12)7-15-9(2)13/h3-6,11H,7H2,1-2H3. The molecule has 0 bridgehead atoms. The van der Waals surface area contributed by atoms with E-state index in [0.717, 1.165) is 5.56 Å². The fourth-order valence-corrected chi connectivity index (χ4v) is 2.33. The van der Waals surface area contributed by atoms with Gasteiger partial charge in [0.2, 0.25) is 0 Å². The molecule has 1 rings (SSSR count). The summed E-state index contributed by atoms with van der Waals surface area (Å²) in [6, 6.07) is 7.24. The molecule has 0 radical (unpaired) electrons. The van der Waals surface area contributed by atoms with Crippen molar-refractivity contribution in [3.63, 3.8) is 0 Å². The molecule has 2 unspecified atom stereocenters. The van der Waals surface area contributed by atoms with E-state index in [1.165, 1.54) is 6.92 Å². The van der Waals surface area contributed by atoms with E-state index in [-0.39, 0.29) is 6.61 Å². The summed E-state index contributed by atoms with van der Waals surface area (Å²) in [6.45, 7) is 3.19. The van der Waals surface area contributed by atoms with Gasteiger partial charge in [0.15, 0.2) is 0 Å². The Balaban J connectivity index is 2.63. The highest BCUT2D eigenvalue weighted by Crippen LogP contribution is 2.15. The molecule has 5 heteroatoms. The highest BCUT2D eigenvalue weighted by atomic mass is 35.5. The van der Waals surface area contributed by atoms with Crippen LogP contribution in [0.15, 0.2) is 29.2 Å². The van der Waals surface area contributed by atoms with Crippen LogP contribution in [0.2, 0.25) is 0 Å². The number of hydrogen-bond donors (Lipinski definition) is 0. The van der Waals surface area contributed by atoms with Gasteiger partial charge in [0.25, 0.3) is 0 Å². The highest BCUT2D eigenvalue weighted by molar-refractivity contribution is 7.87. The van der Waals surface area contributed by atoms with E-state index in [1.54, 1.807) is 12.1 Å². The van der Waals surface area contributed by atoms with Crippen molar-refractivity contribution in [3.8, 4) is 0 Å². The normalized spacial score (nSPS) is 14.2. The summed E-state index contributed by atoms with van der Waals surface area (Å²) in [5, 5.41) is 0. The van der Waals surface area contributed by atoms with E-state index in [9.17, 15) is 9.00 Å². The SMILES string of the molecule is CC(=O)OCC(Cl)S(=O)c1ccc(C)cc1. The van der Waals surface area contributed by atoms with Gasteiger partial charge in [-0.2, -0.15) is 0 Å². The van der Waals surface area contributed by atoms with Crippen molar-refractivity contribution in [2.24, 2.45) is 0 Å². The molecule has 16 heavy (non-hydrogen) atoms. The number of esters is 1. The van der Waals surface area contributed by atoms with Gasteiger partial charge in [0, 0.05) is 11.8 Å². The Bertz CT molecular complexity index is 389. The maximum absolute atomic E-state index is 11.9. The number of ether oxygens (including phenoxy) is 1. The number of carbonyl (C=O) groups is 1. The number of carbonyl (C=O) groups excluding carboxylic acids is 1. The summed E-state index contributed by atoms with van der Waals surface area (Å²) < 4.78 is 15.8. The van der Waals surface area contributed by atoms with Crippen LogP contribution in [0.3, 0.4) is 0 Å². The second kappa shape index (κ2) is 6.01. The van der Waals surface area contributed by atoms with Gasteiger partial charge in [0.1, 0.15) is 11.3 Å². The molecule has 0 spiro atoms. The van der Waals surface area contributed by atoms with Crippen LogP contribution in [0.1, 0.15) is 12.5 Å². The molecule has 0 amide bonds. The smallest absolute Gasteiger partial charge is 0.302 e. The van der Waals surface area contributed by atoms with Crippen LogP contribution in [0.25, 0.3) is 0 Å². The van der Waals surface area contributed by atoms with E-state index in [2.05, 4.69) is 0 Å². The topological polar surface area (TPSA) is 43.4 Å². The zero-order chi connectivity index (χ0) is 12.1. The van der Waals surface area contributed by atoms with E-state index in [1.807, 2.05) is 19.1 Å². The minimum atomic E-state index is -1.36. The molecule has 0 aliphatic heterocycles. The average molecular weight is 261 g/mol. The van der Waals surface area contributed by atoms with Gasteiger partial charge in [-0.25, -0.2) is 0 Å². The molecule has 1 aromatic carbocycles. The second-order valence-electron chi connectivity index (χ2n) is 3.32. The number of alkyl halides is 1. The van der Waals surface area contributed by atoms with Crippen LogP contribution in [0.5, 0.6) is 0 Å². The van der Waals surface area contributed by atoms with Crippen molar-refractivity contribution in [3.05, 3.63) is 29.8 Å². The maximum Gasteiger partial charge on any atom is 0.302 e. The quantitative estimate of drug-likeness (QED) is 0.616. The first-order valence-corrected chi connectivity index (χ1v) is 6.40. The molecule has 0 N–H and O–H groups in total. The van der Waals surface area contributed by atoms with Crippen LogP contribution in [0, 0.1) is 6.92 Å². The molecule has 0 aliphatic carbocycles. The molecule has 0 fully saturated rings. The Labute approximate surface area is 102 Å². The van der Waals surface area contributed by atoms with Crippen molar-refractivity contribution < 1.29 is 13.7 Å². The molecular weight excluding hydrogens is 248 g/mol. The lowest BCUT2D eigenvalue weighted by atomic mass is 10.2. The Kier molecular flexibility index (Phi) is 4.96. The summed E-state index contributed by atoms with van der Waals surface area (Å²) in [6.07, 6.45) is 0. The van der Waals surface area contributed by atoms with Gasteiger partial charge in [-0.1, -0.05) is 17.7 Å². The van der Waals surface area contributed by atoms with Crippen LogP contribution in [-0.2, 0) is 20.3 Å². The first kappa shape index (κ1) is 13.2. The van der Waals surface area contributed by atoms with Gasteiger partial charge < -0.3 is 4.74 Å². The number of hydrogen-bond acceptors (Lipinski definition) is 3. The monoisotopic (exact) mass is 260 g/mol. The van der Waals surface area contributed by atoms with Gasteiger partial charge >= 0.3 is 5.97 Å². The number of benzene rings is 1. The summed E-state index contributed by atoms with van der Waals surface area (Å²) in [5.41, 5.74) is 1.09. The Morgan fingerprint density at radius 1 is 1.44 bits per heavy atom.